The van der Waals surface area contributed by atoms with Crippen LogP contribution in [-0.4, -0.2) is 4.98 Å². The molecule has 1 saturated carbocycles. The van der Waals surface area contributed by atoms with Crippen molar-refractivity contribution in [2.75, 3.05) is 0 Å². The molecule has 1 nitrogen and oxygen atoms in total. The van der Waals surface area contributed by atoms with E-state index in [1.807, 2.05) is 0 Å². The molecule has 0 saturated heterocycles. The van der Waals surface area contributed by atoms with Crippen molar-refractivity contribution in [1.29, 1.82) is 0 Å². The van der Waals surface area contributed by atoms with Crippen molar-refractivity contribution in [3.8, 4) is 11.1 Å². The maximum atomic E-state index is 14.6. The molecule has 1 heterocycles. The summed E-state index contributed by atoms with van der Waals surface area (Å²) in [5, 5.41) is 0. The summed E-state index contributed by atoms with van der Waals surface area (Å²) in [6, 6.07) is 5.28. The van der Waals surface area contributed by atoms with E-state index in [1.165, 1.54) is 50.7 Å². The molecule has 1 aliphatic rings. The summed E-state index contributed by atoms with van der Waals surface area (Å²) < 4.78 is 55.0. The highest BCUT2D eigenvalue weighted by atomic mass is 19.2. The summed E-state index contributed by atoms with van der Waals surface area (Å²) in [6.07, 6.45) is 12.2. The van der Waals surface area contributed by atoms with Gasteiger partial charge in [0.2, 0.25) is 5.95 Å². The van der Waals surface area contributed by atoms with Gasteiger partial charge in [-0.1, -0.05) is 57.6 Å². The van der Waals surface area contributed by atoms with Crippen molar-refractivity contribution in [3.05, 3.63) is 53.4 Å². The van der Waals surface area contributed by atoms with Gasteiger partial charge in [0.25, 0.3) is 5.95 Å². The zero-order valence-electron chi connectivity index (χ0n) is 17.0. The third kappa shape index (κ3) is 5.58. The summed E-state index contributed by atoms with van der Waals surface area (Å²) in [6.45, 7) is 2.22. The molecule has 0 N–H and O–H groups in total. The Kier molecular flexibility index (Phi) is 7.68. The highest BCUT2D eigenvalue weighted by Gasteiger charge is 2.23. The van der Waals surface area contributed by atoms with Crippen molar-refractivity contribution in [3.63, 3.8) is 0 Å². The Balaban J connectivity index is 1.60. The van der Waals surface area contributed by atoms with E-state index < -0.39 is 23.5 Å². The topological polar surface area (TPSA) is 12.9 Å². The van der Waals surface area contributed by atoms with Gasteiger partial charge >= 0.3 is 0 Å². The molecule has 1 aromatic heterocycles. The van der Waals surface area contributed by atoms with Crippen LogP contribution >= 0.6 is 0 Å². The molecule has 0 bridgehead atoms. The molecule has 0 aliphatic heterocycles. The Morgan fingerprint density at radius 1 is 0.793 bits per heavy atom. The molecule has 0 amide bonds. The molecule has 1 fully saturated rings. The van der Waals surface area contributed by atoms with Gasteiger partial charge in [0.05, 0.1) is 0 Å². The zero-order valence-corrected chi connectivity index (χ0v) is 17.0. The Morgan fingerprint density at radius 2 is 1.52 bits per heavy atom. The Hall–Kier alpha value is -1.91. The van der Waals surface area contributed by atoms with E-state index in [1.54, 1.807) is 6.07 Å². The van der Waals surface area contributed by atoms with E-state index in [2.05, 4.69) is 11.9 Å². The average molecular weight is 407 g/mol. The van der Waals surface area contributed by atoms with Crippen molar-refractivity contribution in [1.82, 2.24) is 4.98 Å². The molecule has 0 atom stereocenters. The molecule has 1 aromatic carbocycles. The van der Waals surface area contributed by atoms with Gasteiger partial charge in [0, 0.05) is 11.1 Å². The van der Waals surface area contributed by atoms with Crippen molar-refractivity contribution in [2.24, 2.45) is 5.92 Å². The van der Waals surface area contributed by atoms with Gasteiger partial charge in [-0.2, -0.15) is 13.8 Å². The Labute approximate surface area is 170 Å². The van der Waals surface area contributed by atoms with Crippen LogP contribution in [-0.2, 0) is 0 Å². The lowest BCUT2D eigenvalue weighted by atomic mass is 9.77. The first-order valence-corrected chi connectivity index (χ1v) is 10.8. The molecule has 2 aromatic rings. The molecule has 5 heteroatoms. The number of benzene rings is 1. The maximum Gasteiger partial charge on any atom is 0.251 e. The van der Waals surface area contributed by atoms with Gasteiger partial charge in [0.1, 0.15) is 5.82 Å². The number of hydrogen-bond donors (Lipinski definition) is 0. The minimum absolute atomic E-state index is 0.0987. The Morgan fingerprint density at radius 3 is 2.21 bits per heavy atom. The molecule has 0 spiro atoms. The van der Waals surface area contributed by atoms with Gasteiger partial charge in [-0.25, -0.2) is 8.78 Å². The van der Waals surface area contributed by atoms with Gasteiger partial charge in [-0.05, 0) is 55.2 Å². The predicted octanol–water partition coefficient (Wildman–Crippen LogP) is 7.94. The number of nitrogens with zero attached hydrogens (tertiary/aromatic N) is 1. The predicted molar refractivity (Wildman–Crippen MR) is 108 cm³/mol. The lowest BCUT2D eigenvalue weighted by Gasteiger charge is -2.29. The average Bonchev–Trinajstić information content (AvgIpc) is 2.71. The molecule has 0 radical (unpaired) electrons. The first-order chi connectivity index (χ1) is 14.0. The number of aromatic nitrogens is 1. The number of pyridine rings is 1. The highest BCUT2D eigenvalue weighted by molar-refractivity contribution is 5.64. The molecular formula is C24H29F4N. The minimum Gasteiger partial charge on any atom is -0.206 e. The maximum absolute atomic E-state index is 14.6. The van der Waals surface area contributed by atoms with Crippen LogP contribution in [0.2, 0.25) is 0 Å². The van der Waals surface area contributed by atoms with E-state index in [-0.39, 0.29) is 11.1 Å². The third-order valence-electron chi connectivity index (χ3n) is 6.20. The smallest absolute Gasteiger partial charge is 0.206 e. The van der Waals surface area contributed by atoms with Crippen LogP contribution < -0.4 is 0 Å². The van der Waals surface area contributed by atoms with Crippen LogP contribution in [0.25, 0.3) is 11.1 Å². The number of hydrogen-bond acceptors (Lipinski definition) is 1. The molecule has 158 valence electrons. The SMILES string of the molecule is CCCCCCC[C@H]1CC[C@H](c2ccc(-c3cc(F)c(F)nc3F)c(F)c2)CC1. The summed E-state index contributed by atoms with van der Waals surface area (Å²) >= 11 is 0. The van der Waals surface area contributed by atoms with Gasteiger partial charge in [-0.15, -0.1) is 0 Å². The quantitative estimate of drug-likeness (QED) is 0.246. The molecular weight excluding hydrogens is 378 g/mol. The van der Waals surface area contributed by atoms with E-state index in [4.69, 9.17) is 0 Å². The summed E-state index contributed by atoms with van der Waals surface area (Å²) in [7, 11) is 0. The molecule has 0 unspecified atom stereocenters. The van der Waals surface area contributed by atoms with E-state index >= 15 is 0 Å². The third-order valence-corrected chi connectivity index (χ3v) is 6.20. The van der Waals surface area contributed by atoms with Crippen molar-refractivity contribution >= 4 is 0 Å². The first-order valence-electron chi connectivity index (χ1n) is 10.8. The number of unbranched alkanes of at least 4 members (excludes halogenated alkanes) is 4. The van der Waals surface area contributed by atoms with E-state index in [0.717, 1.165) is 37.2 Å². The van der Waals surface area contributed by atoms with E-state index in [0.29, 0.717) is 12.0 Å². The fraction of sp³-hybridized carbons (Fsp3) is 0.542. The highest BCUT2D eigenvalue weighted by Crippen LogP contribution is 2.39. The van der Waals surface area contributed by atoms with Crippen LogP contribution in [0.15, 0.2) is 24.3 Å². The van der Waals surface area contributed by atoms with Crippen molar-refractivity contribution in [2.45, 2.75) is 77.0 Å². The van der Waals surface area contributed by atoms with Gasteiger partial charge in [0.15, 0.2) is 5.82 Å². The normalized spacial score (nSPS) is 19.5. The van der Waals surface area contributed by atoms with Crippen LogP contribution in [0, 0.1) is 29.4 Å². The van der Waals surface area contributed by atoms with Gasteiger partial charge in [-0.3, -0.25) is 0 Å². The second kappa shape index (κ2) is 10.2. The van der Waals surface area contributed by atoms with Crippen LogP contribution in [0.4, 0.5) is 17.6 Å². The number of rotatable bonds is 8. The second-order valence-electron chi connectivity index (χ2n) is 8.26. The molecule has 3 rings (SSSR count). The summed E-state index contributed by atoms with van der Waals surface area (Å²) in [5.41, 5.74) is 0.432. The number of halogens is 4. The van der Waals surface area contributed by atoms with Crippen molar-refractivity contribution < 1.29 is 17.6 Å². The first kappa shape index (κ1) is 21.8. The van der Waals surface area contributed by atoms with Crippen LogP contribution in [0.3, 0.4) is 0 Å². The zero-order chi connectivity index (χ0) is 20.8. The largest absolute Gasteiger partial charge is 0.251 e. The molecule has 1 aliphatic carbocycles. The second-order valence-corrected chi connectivity index (χ2v) is 8.26. The monoisotopic (exact) mass is 407 g/mol. The van der Waals surface area contributed by atoms with Crippen LogP contribution in [0.1, 0.15) is 82.6 Å². The lowest BCUT2D eigenvalue weighted by Crippen LogP contribution is -2.13. The fourth-order valence-corrected chi connectivity index (χ4v) is 4.46. The summed E-state index contributed by atoms with van der Waals surface area (Å²) in [4.78, 5) is 2.88. The van der Waals surface area contributed by atoms with E-state index in [9.17, 15) is 17.6 Å². The Bertz CT molecular complexity index is 813. The molecule has 29 heavy (non-hydrogen) atoms. The summed E-state index contributed by atoms with van der Waals surface area (Å²) in [5.74, 6) is -3.60. The fourth-order valence-electron chi connectivity index (χ4n) is 4.46. The standard InChI is InChI=1S/C24H29F4N/c1-2-3-4-5-6-7-16-8-10-17(11-9-16)18-12-13-19(21(25)14-18)20-15-22(26)24(28)29-23(20)27/h12-17H,2-11H2,1H3/t16-,17-. The lowest BCUT2D eigenvalue weighted by molar-refractivity contribution is 0.301. The van der Waals surface area contributed by atoms with Crippen LogP contribution in [0.5, 0.6) is 0 Å². The van der Waals surface area contributed by atoms with Gasteiger partial charge < -0.3 is 0 Å². The minimum atomic E-state index is -1.52.